The van der Waals surface area contributed by atoms with Crippen molar-refractivity contribution in [3.63, 3.8) is 0 Å². The molecule has 4 rings (SSSR count). The molecule has 162 valence electrons. The maximum absolute atomic E-state index is 13.4. The number of aryl methyl sites for hydroxylation is 1. The molecule has 0 spiro atoms. The second-order valence-electron chi connectivity index (χ2n) is 7.38. The van der Waals surface area contributed by atoms with Crippen molar-refractivity contribution in [2.45, 2.75) is 19.4 Å². The first kappa shape index (κ1) is 21.8. The number of thioether (sulfide) groups is 1. The number of hydrogen-bond donors (Lipinski definition) is 0. The fourth-order valence-corrected chi connectivity index (χ4v) is 4.29. The number of amides is 2. The summed E-state index contributed by atoms with van der Waals surface area (Å²) < 4.78 is 19.3. The van der Waals surface area contributed by atoms with E-state index in [0.717, 1.165) is 18.2 Å². The molecule has 1 saturated heterocycles. The number of halogens is 1. The van der Waals surface area contributed by atoms with Crippen LogP contribution in [0.5, 0.6) is 5.75 Å². The molecule has 1 fully saturated rings. The molecule has 0 atom stereocenters. The SMILES string of the molecule is O=C1S/C(=C/c2ccccc2OCc2cccc(F)c2)C(=O)N1CCCc1ccccc1. The lowest BCUT2D eigenvalue weighted by atomic mass is 10.1. The first-order chi connectivity index (χ1) is 15.6. The van der Waals surface area contributed by atoms with Crippen LogP contribution in [0.3, 0.4) is 0 Å². The average Bonchev–Trinajstić information content (AvgIpc) is 3.06. The third-order valence-electron chi connectivity index (χ3n) is 5.05. The van der Waals surface area contributed by atoms with Gasteiger partial charge < -0.3 is 4.74 Å². The molecule has 2 amide bonds. The van der Waals surface area contributed by atoms with Gasteiger partial charge in [-0.1, -0.05) is 60.7 Å². The first-order valence-corrected chi connectivity index (χ1v) is 11.2. The zero-order valence-corrected chi connectivity index (χ0v) is 18.2. The fourth-order valence-electron chi connectivity index (χ4n) is 3.44. The quantitative estimate of drug-likeness (QED) is 0.393. The fraction of sp³-hybridized carbons (Fsp3) is 0.154. The monoisotopic (exact) mass is 447 g/mol. The van der Waals surface area contributed by atoms with E-state index >= 15 is 0 Å². The van der Waals surface area contributed by atoms with Crippen molar-refractivity contribution in [2.24, 2.45) is 0 Å². The van der Waals surface area contributed by atoms with Gasteiger partial charge in [0.1, 0.15) is 18.2 Å². The van der Waals surface area contributed by atoms with Crippen molar-refractivity contribution in [2.75, 3.05) is 6.54 Å². The first-order valence-electron chi connectivity index (χ1n) is 10.4. The van der Waals surface area contributed by atoms with Gasteiger partial charge >= 0.3 is 0 Å². The highest BCUT2D eigenvalue weighted by Crippen LogP contribution is 2.34. The molecule has 32 heavy (non-hydrogen) atoms. The minimum atomic E-state index is -0.319. The number of carbonyl (C=O) groups excluding carboxylic acids is 2. The highest BCUT2D eigenvalue weighted by Gasteiger charge is 2.34. The van der Waals surface area contributed by atoms with Gasteiger partial charge in [0.25, 0.3) is 11.1 Å². The van der Waals surface area contributed by atoms with Crippen molar-refractivity contribution in [3.05, 3.63) is 106 Å². The number of hydrogen-bond acceptors (Lipinski definition) is 4. The number of nitrogens with zero attached hydrogens (tertiary/aromatic N) is 1. The van der Waals surface area contributed by atoms with Crippen LogP contribution in [-0.4, -0.2) is 22.6 Å². The largest absolute Gasteiger partial charge is 0.488 e. The summed E-state index contributed by atoms with van der Waals surface area (Å²) >= 11 is 0.941. The van der Waals surface area contributed by atoms with Gasteiger partial charge in [-0.05, 0) is 60.0 Å². The highest BCUT2D eigenvalue weighted by molar-refractivity contribution is 8.18. The summed E-state index contributed by atoms with van der Waals surface area (Å²) in [6, 6.07) is 23.5. The molecule has 0 aliphatic carbocycles. The Morgan fingerprint density at radius 2 is 1.66 bits per heavy atom. The number of imide groups is 1. The van der Waals surface area contributed by atoms with Crippen LogP contribution in [-0.2, 0) is 17.8 Å². The number of ether oxygens (including phenoxy) is 1. The molecule has 3 aromatic carbocycles. The number of para-hydroxylation sites is 1. The van der Waals surface area contributed by atoms with Gasteiger partial charge in [-0.15, -0.1) is 0 Å². The third kappa shape index (κ3) is 5.45. The van der Waals surface area contributed by atoms with Gasteiger partial charge in [0.05, 0.1) is 4.91 Å². The minimum absolute atomic E-state index is 0.198. The lowest BCUT2D eigenvalue weighted by Gasteiger charge is -2.12. The number of benzene rings is 3. The van der Waals surface area contributed by atoms with Crippen molar-refractivity contribution >= 4 is 29.0 Å². The molecule has 1 aliphatic rings. The van der Waals surface area contributed by atoms with Crippen molar-refractivity contribution in [1.29, 1.82) is 0 Å². The Kier molecular flexibility index (Phi) is 7.02. The van der Waals surface area contributed by atoms with Gasteiger partial charge in [-0.2, -0.15) is 0 Å². The molecule has 0 saturated carbocycles. The summed E-state index contributed by atoms with van der Waals surface area (Å²) in [6.45, 7) is 0.582. The Morgan fingerprint density at radius 1 is 0.906 bits per heavy atom. The summed E-state index contributed by atoms with van der Waals surface area (Å²) in [5, 5.41) is -0.257. The molecule has 0 aromatic heterocycles. The van der Waals surface area contributed by atoms with Crippen molar-refractivity contribution in [1.82, 2.24) is 4.90 Å². The maximum atomic E-state index is 13.4. The van der Waals surface area contributed by atoms with E-state index in [2.05, 4.69) is 0 Å². The molecular weight excluding hydrogens is 425 g/mol. The molecular formula is C26H22FNO3S. The van der Waals surface area contributed by atoms with Crippen LogP contribution in [0, 0.1) is 5.82 Å². The predicted octanol–water partition coefficient (Wildman–Crippen LogP) is 6.07. The van der Waals surface area contributed by atoms with Crippen LogP contribution >= 0.6 is 11.8 Å². The van der Waals surface area contributed by atoms with E-state index in [1.165, 1.54) is 22.6 Å². The van der Waals surface area contributed by atoms with Gasteiger partial charge in [0.15, 0.2) is 0 Å². The van der Waals surface area contributed by atoms with Gasteiger partial charge in [-0.3, -0.25) is 14.5 Å². The van der Waals surface area contributed by atoms with Crippen LogP contribution in [0.15, 0.2) is 83.8 Å². The Bertz CT molecular complexity index is 1150. The molecule has 1 aliphatic heterocycles. The Balaban J connectivity index is 1.42. The summed E-state index contributed by atoms with van der Waals surface area (Å²) in [4.78, 5) is 26.9. The normalized spacial score (nSPS) is 14.9. The summed E-state index contributed by atoms with van der Waals surface area (Å²) in [5.74, 6) is -0.0408. The summed E-state index contributed by atoms with van der Waals surface area (Å²) in [5.41, 5.74) is 2.58. The molecule has 6 heteroatoms. The Morgan fingerprint density at radius 3 is 2.47 bits per heavy atom. The zero-order chi connectivity index (χ0) is 22.3. The van der Waals surface area contributed by atoms with E-state index in [1.807, 2.05) is 48.5 Å². The minimum Gasteiger partial charge on any atom is -0.488 e. The van der Waals surface area contributed by atoms with Crippen molar-refractivity contribution < 1.29 is 18.7 Å². The standard InChI is InChI=1S/C26H22FNO3S/c27-22-13-6-10-20(16-22)18-31-23-14-5-4-12-21(23)17-24-25(29)28(26(30)32-24)15-7-11-19-8-2-1-3-9-19/h1-6,8-10,12-14,16-17H,7,11,15,18H2/b24-17+. The van der Waals surface area contributed by atoms with E-state index < -0.39 is 0 Å². The molecule has 0 bridgehead atoms. The van der Waals surface area contributed by atoms with Crippen molar-refractivity contribution in [3.8, 4) is 5.75 Å². The molecule has 0 radical (unpaired) electrons. The van der Waals surface area contributed by atoms with Gasteiger partial charge in [-0.25, -0.2) is 4.39 Å². The maximum Gasteiger partial charge on any atom is 0.293 e. The molecule has 4 nitrogen and oxygen atoms in total. The molecule has 3 aromatic rings. The number of carbonyl (C=O) groups is 2. The van der Waals surface area contributed by atoms with Crippen LogP contribution in [0.4, 0.5) is 9.18 Å². The van der Waals surface area contributed by atoms with E-state index in [1.54, 1.807) is 24.3 Å². The van der Waals surface area contributed by atoms with Gasteiger partial charge in [0.2, 0.25) is 0 Å². The smallest absolute Gasteiger partial charge is 0.293 e. The van der Waals surface area contributed by atoms with Crippen LogP contribution in [0.25, 0.3) is 6.08 Å². The highest BCUT2D eigenvalue weighted by atomic mass is 32.2. The van der Waals surface area contributed by atoms with E-state index in [4.69, 9.17) is 4.74 Å². The molecule has 0 N–H and O–H groups in total. The molecule has 0 unspecified atom stereocenters. The van der Waals surface area contributed by atoms with E-state index in [9.17, 15) is 14.0 Å². The van der Waals surface area contributed by atoms with E-state index in [0.29, 0.717) is 34.7 Å². The third-order valence-corrected chi connectivity index (χ3v) is 5.96. The van der Waals surface area contributed by atoms with Gasteiger partial charge in [0, 0.05) is 12.1 Å². The Labute approximate surface area is 190 Å². The predicted molar refractivity (Wildman–Crippen MR) is 125 cm³/mol. The van der Waals surface area contributed by atoms with Crippen LogP contribution in [0.1, 0.15) is 23.1 Å². The average molecular weight is 448 g/mol. The zero-order valence-electron chi connectivity index (χ0n) is 17.4. The topological polar surface area (TPSA) is 46.6 Å². The van der Waals surface area contributed by atoms with E-state index in [-0.39, 0.29) is 23.6 Å². The Hall–Kier alpha value is -3.38. The lowest BCUT2D eigenvalue weighted by molar-refractivity contribution is -0.122. The number of rotatable bonds is 8. The van der Waals surface area contributed by atoms with Crippen LogP contribution < -0.4 is 4.74 Å². The lowest BCUT2D eigenvalue weighted by Crippen LogP contribution is -2.29. The second-order valence-corrected chi connectivity index (χ2v) is 8.37. The van der Waals surface area contributed by atoms with Crippen LogP contribution in [0.2, 0.25) is 0 Å². The summed E-state index contributed by atoms with van der Waals surface area (Å²) in [7, 11) is 0. The second kappa shape index (κ2) is 10.3. The molecule has 1 heterocycles. The summed E-state index contributed by atoms with van der Waals surface area (Å²) in [6.07, 6.45) is 3.20.